The first kappa shape index (κ1) is 8.53. The van der Waals surface area contributed by atoms with Crippen LogP contribution in [0, 0.1) is 5.41 Å². The summed E-state index contributed by atoms with van der Waals surface area (Å²) in [5.74, 6) is -1.22. The van der Waals surface area contributed by atoms with Gasteiger partial charge in [-0.05, 0) is 24.7 Å². The maximum atomic E-state index is 11.3. The lowest BCUT2D eigenvalue weighted by Gasteiger charge is -2.13. The largest absolute Gasteiger partial charge is 0.462 e. The van der Waals surface area contributed by atoms with Crippen LogP contribution >= 0.6 is 0 Å². The van der Waals surface area contributed by atoms with Crippen molar-refractivity contribution < 1.29 is 14.3 Å². The summed E-state index contributed by atoms with van der Waals surface area (Å²) in [4.78, 5) is 23.9. The number of ether oxygens (including phenoxy) is 1. The van der Waals surface area contributed by atoms with Gasteiger partial charge in [-0.15, -0.1) is 0 Å². The van der Waals surface area contributed by atoms with Gasteiger partial charge in [0.15, 0.2) is 0 Å². The van der Waals surface area contributed by atoms with Gasteiger partial charge in [0.2, 0.25) is 0 Å². The molecule has 72 valence electrons. The molecule has 13 heavy (non-hydrogen) atoms. The predicted octanol–water partition coefficient (Wildman–Crippen LogP) is 0.172. The smallest absolute Gasteiger partial charge is 0.396 e. The Balaban J connectivity index is 1.95. The minimum atomic E-state index is -0.738. The summed E-state index contributed by atoms with van der Waals surface area (Å²) >= 11 is 0. The van der Waals surface area contributed by atoms with E-state index in [1.807, 2.05) is 0 Å². The third-order valence-corrected chi connectivity index (χ3v) is 3.04. The van der Waals surface area contributed by atoms with Gasteiger partial charge in [0.05, 0.1) is 7.11 Å². The van der Waals surface area contributed by atoms with Crippen molar-refractivity contribution >= 4 is 11.9 Å². The van der Waals surface area contributed by atoms with E-state index in [4.69, 9.17) is 0 Å². The van der Waals surface area contributed by atoms with Gasteiger partial charge >= 0.3 is 11.9 Å². The Kier molecular flexibility index (Phi) is 1.78. The lowest BCUT2D eigenvalue weighted by Crippen LogP contribution is -2.35. The van der Waals surface area contributed by atoms with Gasteiger partial charge in [-0.2, -0.15) is 0 Å². The van der Waals surface area contributed by atoms with Crippen LogP contribution < -0.4 is 0 Å². The molecule has 1 saturated heterocycles. The standard InChI is InChI=1S/C9H13NO3/c1-13-8(12)7(11)10-5-4-9(6-10)2-3-9/h2-6H2,1H3. The van der Waals surface area contributed by atoms with E-state index in [0.29, 0.717) is 12.0 Å². The summed E-state index contributed by atoms with van der Waals surface area (Å²) < 4.78 is 4.38. The molecule has 4 heteroatoms. The molecule has 1 aliphatic heterocycles. The molecule has 0 unspecified atom stereocenters. The number of esters is 1. The van der Waals surface area contributed by atoms with Crippen molar-refractivity contribution in [1.82, 2.24) is 4.90 Å². The summed E-state index contributed by atoms with van der Waals surface area (Å²) in [5.41, 5.74) is 0.379. The molecule has 1 aliphatic carbocycles. The van der Waals surface area contributed by atoms with Gasteiger partial charge in [0.1, 0.15) is 0 Å². The minimum Gasteiger partial charge on any atom is -0.462 e. The van der Waals surface area contributed by atoms with Gasteiger partial charge in [0.25, 0.3) is 0 Å². The predicted molar refractivity (Wildman–Crippen MR) is 44.9 cm³/mol. The van der Waals surface area contributed by atoms with Crippen LogP contribution in [-0.2, 0) is 14.3 Å². The van der Waals surface area contributed by atoms with Gasteiger partial charge in [0, 0.05) is 13.1 Å². The van der Waals surface area contributed by atoms with Crippen molar-refractivity contribution in [2.45, 2.75) is 19.3 Å². The molecule has 2 fully saturated rings. The van der Waals surface area contributed by atoms with E-state index in [1.165, 1.54) is 20.0 Å². The van der Waals surface area contributed by atoms with Crippen molar-refractivity contribution in [3.63, 3.8) is 0 Å². The molecular weight excluding hydrogens is 170 g/mol. The highest BCUT2D eigenvalue weighted by Gasteiger charge is 2.49. The molecule has 4 nitrogen and oxygen atoms in total. The van der Waals surface area contributed by atoms with E-state index in [-0.39, 0.29) is 0 Å². The SMILES string of the molecule is COC(=O)C(=O)N1CCC2(CC2)C1. The monoisotopic (exact) mass is 183 g/mol. The molecule has 0 aromatic heterocycles. The summed E-state index contributed by atoms with van der Waals surface area (Å²) in [7, 11) is 1.24. The number of hydrogen-bond acceptors (Lipinski definition) is 3. The number of methoxy groups -OCH3 is 1. The summed E-state index contributed by atoms with van der Waals surface area (Å²) in [5, 5.41) is 0. The molecule has 1 saturated carbocycles. The third kappa shape index (κ3) is 1.41. The van der Waals surface area contributed by atoms with Crippen LogP contribution in [0.4, 0.5) is 0 Å². The number of carbonyl (C=O) groups is 2. The summed E-state index contributed by atoms with van der Waals surface area (Å²) in [6.07, 6.45) is 3.46. The van der Waals surface area contributed by atoms with Crippen LogP contribution in [0.2, 0.25) is 0 Å². The Hall–Kier alpha value is -1.06. The van der Waals surface area contributed by atoms with E-state index < -0.39 is 11.9 Å². The maximum absolute atomic E-state index is 11.3. The number of rotatable bonds is 0. The molecule has 0 atom stereocenters. The molecule has 1 amide bonds. The van der Waals surface area contributed by atoms with Crippen LogP contribution in [0.15, 0.2) is 0 Å². The van der Waals surface area contributed by atoms with Crippen molar-refractivity contribution in [1.29, 1.82) is 0 Å². The highest BCUT2D eigenvalue weighted by atomic mass is 16.5. The van der Waals surface area contributed by atoms with Crippen molar-refractivity contribution in [3.05, 3.63) is 0 Å². The van der Waals surface area contributed by atoms with Crippen molar-refractivity contribution in [2.75, 3.05) is 20.2 Å². The molecule has 0 aromatic carbocycles. The fourth-order valence-corrected chi connectivity index (χ4v) is 1.91. The second kappa shape index (κ2) is 2.72. The van der Waals surface area contributed by atoms with E-state index >= 15 is 0 Å². The Morgan fingerprint density at radius 3 is 2.46 bits per heavy atom. The molecular formula is C9H13NO3. The minimum absolute atomic E-state index is 0.379. The Morgan fingerprint density at radius 1 is 1.31 bits per heavy atom. The second-order valence-corrected chi connectivity index (χ2v) is 3.97. The fraction of sp³-hybridized carbons (Fsp3) is 0.778. The lowest BCUT2D eigenvalue weighted by molar-refractivity contribution is -0.157. The average Bonchev–Trinajstić information content (AvgIpc) is 2.74. The quantitative estimate of drug-likeness (QED) is 0.397. The van der Waals surface area contributed by atoms with Gasteiger partial charge in [-0.25, -0.2) is 4.79 Å². The number of hydrogen-bond donors (Lipinski definition) is 0. The molecule has 1 spiro atoms. The zero-order valence-electron chi connectivity index (χ0n) is 7.71. The molecule has 0 aromatic rings. The van der Waals surface area contributed by atoms with Crippen molar-refractivity contribution in [2.24, 2.45) is 5.41 Å². The average molecular weight is 183 g/mol. The highest BCUT2D eigenvalue weighted by molar-refractivity contribution is 6.32. The molecule has 2 aliphatic rings. The van der Waals surface area contributed by atoms with Crippen molar-refractivity contribution in [3.8, 4) is 0 Å². The number of nitrogens with zero attached hydrogens (tertiary/aromatic N) is 1. The number of carbonyl (C=O) groups excluding carboxylic acids is 2. The molecule has 0 radical (unpaired) electrons. The zero-order chi connectivity index (χ0) is 9.47. The third-order valence-electron chi connectivity index (χ3n) is 3.04. The van der Waals surface area contributed by atoms with Crippen LogP contribution in [0.25, 0.3) is 0 Å². The first-order chi connectivity index (χ1) is 6.17. The van der Waals surface area contributed by atoms with Gasteiger partial charge in [-0.3, -0.25) is 4.79 Å². The molecule has 1 heterocycles. The Bertz CT molecular complexity index is 258. The normalized spacial score (nSPS) is 23.3. The first-order valence-electron chi connectivity index (χ1n) is 4.54. The highest BCUT2D eigenvalue weighted by Crippen LogP contribution is 2.52. The second-order valence-electron chi connectivity index (χ2n) is 3.97. The first-order valence-corrected chi connectivity index (χ1v) is 4.54. The number of amides is 1. The fourth-order valence-electron chi connectivity index (χ4n) is 1.91. The lowest BCUT2D eigenvalue weighted by atomic mass is 10.1. The maximum Gasteiger partial charge on any atom is 0.396 e. The molecule has 0 bridgehead atoms. The van der Waals surface area contributed by atoms with Crippen LogP contribution in [-0.4, -0.2) is 37.0 Å². The van der Waals surface area contributed by atoms with Crippen LogP contribution in [0.5, 0.6) is 0 Å². The Morgan fingerprint density at radius 2 is 2.00 bits per heavy atom. The van der Waals surface area contributed by atoms with Gasteiger partial charge < -0.3 is 9.64 Å². The topological polar surface area (TPSA) is 46.6 Å². The van der Waals surface area contributed by atoms with E-state index in [1.54, 1.807) is 4.90 Å². The summed E-state index contributed by atoms with van der Waals surface area (Å²) in [6, 6.07) is 0. The zero-order valence-corrected chi connectivity index (χ0v) is 7.71. The van der Waals surface area contributed by atoms with E-state index in [9.17, 15) is 9.59 Å². The Labute approximate surface area is 76.8 Å². The number of likely N-dealkylation sites (tertiary alicyclic amines) is 1. The van der Waals surface area contributed by atoms with Gasteiger partial charge in [-0.1, -0.05) is 0 Å². The molecule has 0 N–H and O–H groups in total. The van der Waals surface area contributed by atoms with Crippen LogP contribution in [0.3, 0.4) is 0 Å². The van der Waals surface area contributed by atoms with Crippen LogP contribution in [0.1, 0.15) is 19.3 Å². The molecule has 2 rings (SSSR count). The summed E-state index contributed by atoms with van der Waals surface area (Å²) in [6.45, 7) is 1.47. The van der Waals surface area contributed by atoms with E-state index in [2.05, 4.69) is 4.74 Å². The van der Waals surface area contributed by atoms with E-state index in [0.717, 1.165) is 13.0 Å².